The Bertz CT molecular complexity index is 574. The number of urea groups is 1. The molecular weight excluding hydrogens is 280 g/mol. The number of amides is 2. The fourth-order valence-electron chi connectivity index (χ4n) is 1.58. The van der Waals surface area contributed by atoms with Crippen molar-refractivity contribution in [2.24, 2.45) is 0 Å². The van der Waals surface area contributed by atoms with Crippen molar-refractivity contribution >= 4 is 28.5 Å². The van der Waals surface area contributed by atoms with Crippen LogP contribution in [0.5, 0.6) is 0 Å². The number of rotatable bonds is 5. The van der Waals surface area contributed by atoms with E-state index in [1.807, 2.05) is 30.3 Å². The lowest BCUT2D eigenvalue weighted by Crippen LogP contribution is -2.44. The van der Waals surface area contributed by atoms with Crippen LogP contribution in [-0.4, -0.2) is 32.7 Å². The van der Waals surface area contributed by atoms with Gasteiger partial charge in [-0.2, -0.15) is 0 Å². The zero-order valence-electron chi connectivity index (χ0n) is 10.3. The summed E-state index contributed by atoms with van der Waals surface area (Å²) >= 11 is 1.01. The SMILES string of the molecule is O=C(Nc1cnns1)N[C@H](Cc1ccccc1)C(=O)O. The van der Waals surface area contributed by atoms with Crippen molar-refractivity contribution < 1.29 is 14.7 Å². The molecule has 2 amide bonds. The van der Waals surface area contributed by atoms with E-state index in [1.54, 1.807) is 0 Å². The minimum Gasteiger partial charge on any atom is -0.480 e. The number of aromatic nitrogens is 2. The van der Waals surface area contributed by atoms with Crippen molar-refractivity contribution in [2.45, 2.75) is 12.5 Å². The van der Waals surface area contributed by atoms with E-state index in [2.05, 4.69) is 20.2 Å². The summed E-state index contributed by atoms with van der Waals surface area (Å²) in [6.45, 7) is 0. The van der Waals surface area contributed by atoms with Gasteiger partial charge in [0.2, 0.25) is 0 Å². The van der Waals surface area contributed by atoms with E-state index < -0.39 is 18.0 Å². The van der Waals surface area contributed by atoms with Gasteiger partial charge in [0.1, 0.15) is 11.0 Å². The first kappa shape index (κ1) is 13.9. The van der Waals surface area contributed by atoms with E-state index in [4.69, 9.17) is 5.11 Å². The molecule has 0 bridgehead atoms. The first-order chi connectivity index (χ1) is 9.65. The van der Waals surface area contributed by atoms with E-state index in [0.717, 1.165) is 17.1 Å². The normalized spacial score (nSPS) is 11.6. The number of hydrogen-bond donors (Lipinski definition) is 3. The minimum absolute atomic E-state index is 0.213. The van der Waals surface area contributed by atoms with Crippen LogP contribution in [0.2, 0.25) is 0 Å². The van der Waals surface area contributed by atoms with Gasteiger partial charge in [0, 0.05) is 18.0 Å². The summed E-state index contributed by atoms with van der Waals surface area (Å²) in [6, 6.07) is 7.49. The van der Waals surface area contributed by atoms with Gasteiger partial charge in [-0.15, -0.1) is 5.10 Å². The Morgan fingerprint density at radius 3 is 2.65 bits per heavy atom. The predicted molar refractivity (Wildman–Crippen MR) is 73.6 cm³/mol. The van der Waals surface area contributed by atoms with Crippen molar-refractivity contribution in [2.75, 3.05) is 5.32 Å². The van der Waals surface area contributed by atoms with E-state index in [0.29, 0.717) is 5.00 Å². The van der Waals surface area contributed by atoms with E-state index in [9.17, 15) is 9.59 Å². The molecule has 0 saturated heterocycles. The molecule has 104 valence electrons. The lowest BCUT2D eigenvalue weighted by atomic mass is 10.1. The molecule has 1 atom stereocenters. The Morgan fingerprint density at radius 2 is 2.05 bits per heavy atom. The van der Waals surface area contributed by atoms with Crippen LogP contribution in [0.3, 0.4) is 0 Å². The van der Waals surface area contributed by atoms with Gasteiger partial charge in [-0.25, -0.2) is 9.59 Å². The van der Waals surface area contributed by atoms with Crippen LogP contribution in [0.25, 0.3) is 0 Å². The molecule has 1 heterocycles. The van der Waals surface area contributed by atoms with E-state index >= 15 is 0 Å². The molecule has 1 aromatic carbocycles. The van der Waals surface area contributed by atoms with Gasteiger partial charge in [0.15, 0.2) is 0 Å². The maximum absolute atomic E-state index is 11.7. The molecule has 0 unspecified atom stereocenters. The number of nitrogens with one attached hydrogen (secondary N) is 2. The Kier molecular flexibility index (Phi) is 4.61. The molecule has 0 spiro atoms. The van der Waals surface area contributed by atoms with Gasteiger partial charge in [-0.3, -0.25) is 5.32 Å². The minimum atomic E-state index is -1.09. The van der Waals surface area contributed by atoms with Gasteiger partial charge in [0.05, 0.1) is 6.20 Å². The number of carboxylic acids is 1. The molecule has 0 aliphatic rings. The van der Waals surface area contributed by atoms with Crippen molar-refractivity contribution in [3.63, 3.8) is 0 Å². The van der Waals surface area contributed by atoms with Crippen LogP contribution in [-0.2, 0) is 11.2 Å². The summed E-state index contributed by atoms with van der Waals surface area (Å²) in [5, 5.41) is 18.0. The highest BCUT2D eigenvalue weighted by atomic mass is 32.1. The van der Waals surface area contributed by atoms with Gasteiger partial charge in [-0.05, 0) is 5.56 Å². The molecule has 0 aliphatic heterocycles. The number of benzene rings is 1. The highest BCUT2D eigenvalue weighted by Gasteiger charge is 2.20. The third-order valence-corrected chi connectivity index (χ3v) is 3.06. The molecule has 8 heteroatoms. The molecule has 2 aromatic rings. The average molecular weight is 292 g/mol. The monoisotopic (exact) mass is 292 g/mol. The second kappa shape index (κ2) is 6.62. The Hall–Kier alpha value is -2.48. The predicted octanol–water partition coefficient (Wildman–Crippen LogP) is 1.36. The Morgan fingerprint density at radius 1 is 1.30 bits per heavy atom. The van der Waals surface area contributed by atoms with Crippen molar-refractivity contribution in [1.29, 1.82) is 0 Å². The zero-order valence-corrected chi connectivity index (χ0v) is 11.1. The second-order valence-corrected chi connectivity index (χ2v) is 4.75. The first-order valence-corrected chi connectivity index (χ1v) is 6.54. The van der Waals surface area contributed by atoms with Gasteiger partial charge >= 0.3 is 12.0 Å². The molecule has 0 saturated carbocycles. The van der Waals surface area contributed by atoms with Crippen LogP contribution in [0.4, 0.5) is 9.80 Å². The smallest absolute Gasteiger partial charge is 0.326 e. The third-order valence-electron chi connectivity index (χ3n) is 2.48. The fraction of sp³-hybridized carbons (Fsp3) is 0.167. The second-order valence-electron chi connectivity index (χ2n) is 3.96. The highest BCUT2D eigenvalue weighted by molar-refractivity contribution is 7.10. The summed E-state index contributed by atoms with van der Waals surface area (Å²) < 4.78 is 3.59. The number of anilines is 1. The summed E-state index contributed by atoms with van der Waals surface area (Å²) in [7, 11) is 0. The Balaban J connectivity index is 1.95. The maximum Gasteiger partial charge on any atom is 0.326 e. The maximum atomic E-state index is 11.7. The van der Waals surface area contributed by atoms with Crippen LogP contribution in [0.1, 0.15) is 5.56 Å². The highest BCUT2D eigenvalue weighted by Crippen LogP contribution is 2.09. The van der Waals surface area contributed by atoms with Crippen LogP contribution >= 0.6 is 11.5 Å². The van der Waals surface area contributed by atoms with Gasteiger partial charge in [0.25, 0.3) is 0 Å². The van der Waals surface area contributed by atoms with Crippen molar-refractivity contribution in [1.82, 2.24) is 14.9 Å². The average Bonchev–Trinajstić information content (AvgIpc) is 2.92. The fourth-order valence-corrected chi connectivity index (χ4v) is 1.99. The zero-order chi connectivity index (χ0) is 14.4. The first-order valence-electron chi connectivity index (χ1n) is 5.77. The lowest BCUT2D eigenvalue weighted by molar-refractivity contribution is -0.139. The van der Waals surface area contributed by atoms with Crippen molar-refractivity contribution in [3.8, 4) is 0 Å². The molecule has 0 fully saturated rings. The molecule has 3 N–H and O–H groups in total. The number of hydrogen-bond acceptors (Lipinski definition) is 5. The van der Waals surface area contributed by atoms with Gasteiger partial charge < -0.3 is 10.4 Å². The number of aliphatic carboxylic acids is 1. The third kappa shape index (κ3) is 4.02. The van der Waals surface area contributed by atoms with E-state index in [1.165, 1.54) is 6.20 Å². The summed E-state index contributed by atoms with van der Waals surface area (Å²) in [5.41, 5.74) is 0.833. The van der Waals surface area contributed by atoms with Crippen LogP contribution in [0, 0.1) is 0 Å². The molecule has 0 radical (unpaired) electrons. The molecule has 1 aromatic heterocycles. The number of carbonyl (C=O) groups excluding carboxylic acids is 1. The molecular formula is C12H12N4O3S. The summed E-state index contributed by atoms with van der Waals surface area (Å²) in [4.78, 5) is 22.9. The molecule has 0 aliphatic carbocycles. The quantitative estimate of drug-likeness (QED) is 0.771. The van der Waals surface area contributed by atoms with Gasteiger partial charge in [-0.1, -0.05) is 34.8 Å². The van der Waals surface area contributed by atoms with Crippen LogP contribution in [0.15, 0.2) is 36.5 Å². The largest absolute Gasteiger partial charge is 0.480 e. The topological polar surface area (TPSA) is 104 Å². The van der Waals surface area contributed by atoms with Crippen molar-refractivity contribution in [3.05, 3.63) is 42.1 Å². The molecule has 20 heavy (non-hydrogen) atoms. The van der Waals surface area contributed by atoms with E-state index in [-0.39, 0.29) is 6.42 Å². The number of carbonyl (C=O) groups is 2. The number of carboxylic acid groups (broad SMARTS) is 1. The molecule has 2 rings (SSSR count). The molecule has 7 nitrogen and oxygen atoms in total. The standard InChI is InChI=1S/C12H12N4O3S/c17-11(18)9(6-8-4-2-1-3-5-8)14-12(19)15-10-7-13-16-20-10/h1-5,7,9H,6H2,(H,17,18)(H2,14,15,19)/t9-/m1/s1. The Labute approximate surface area is 118 Å². The summed E-state index contributed by atoms with van der Waals surface area (Å²) in [6.07, 6.45) is 1.60. The number of nitrogens with zero attached hydrogens (tertiary/aromatic N) is 2. The summed E-state index contributed by atoms with van der Waals surface area (Å²) in [5.74, 6) is -1.09. The lowest BCUT2D eigenvalue weighted by Gasteiger charge is -2.14. The van der Waals surface area contributed by atoms with Crippen LogP contribution < -0.4 is 10.6 Å².